The molecule has 1 aromatic carbocycles. The quantitative estimate of drug-likeness (QED) is 0.658. The number of carbonyl (C=O) groups excluding carboxylic acids is 2. The standard InChI is InChI=1S/C11H7ClN2O2/c1-2-6-3-4-7(12)9-10(6)14-8(15)5-13-11(9)16/h1,3-4H,5H2,(H,13,16)(H,14,15). The third-order valence-electron chi connectivity index (χ3n) is 2.21. The molecule has 0 aromatic heterocycles. The highest BCUT2D eigenvalue weighted by Crippen LogP contribution is 2.29. The number of anilines is 1. The van der Waals surface area contributed by atoms with Gasteiger partial charge in [0.05, 0.1) is 22.8 Å². The monoisotopic (exact) mass is 234 g/mol. The van der Waals surface area contributed by atoms with Gasteiger partial charge in [0.25, 0.3) is 5.91 Å². The summed E-state index contributed by atoms with van der Waals surface area (Å²) in [5.74, 6) is 1.66. The lowest BCUT2D eigenvalue weighted by molar-refractivity contribution is -0.115. The van der Waals surface area contributed by atoms with Crippen LogP contribution >= 0.6 is 11.6 Å². The van der Waals surface area contributed by atoms with E-state index < -0.39 is 5.91 Å². The molecule has 1 aliphatic rings. The lowest BCUT2D eigenvalue weighted by atomic mass is 10.1. The molecule has 0 atom stereocenters. The summed E-state index contributed by atoms with van der Waals surface area (Å²) in [5, 5.41) is 5.26. The number of rotatable bonds is 0. The Hall–Kier alpha value is -1.99. The Kier molecular flexibility index (Phi) is 2.55. The van der Waals surface area contributed by atoms with Gasteiger partial charge in [-0.15, -0.1) is 6.42 Å². The molecule has 1 aliphatic heterocycles. The lowest BCUT2D eigenvalue weighted by Gasteiger charge is -2.09. The van der Waals surface area contributed by atoms with E-state index in [0.717, 1.165) is 0 Å². The van der Waals surface area contributed by atoms with Gasteiger partial charge >= 0.3 is 0 Å². The van der Waals surface area contributed by atoms with Gasteiger partial charge in [-0.25, -0.2) is 0 Å². The lowest BCUT2D eigenvalue weighted by Crippen LogP contribution is -2.28. The van der Waals surface area contributed by atoms with E-state index >= 15 is 0 Å². The fourth-order valence-corrected chi connectivity index (χ4v) is 1.73. The number of halogens is 1. The molecule has 0 fully saturated rings. The van der Waals surface area contributed by atoms with Gasteiger partial charge in [-0.1, -0.05) is 17.5 Å². The van der Waals surface area contributed by atoms with Crippen molar-refractivity contribution < 1.29 is 9.59 Å². The third kappa shape index (κ3) is 1.62. The zero-order chi connectivity index (χ0) is 11.7. The Bertz CT molecular complexity index is 532. The SMILES string of the molecule is C#Cc1ccc(Cl)c2c1NC(=O)CNC2=O. The molecule has 0 radical (unpaired) electrons. The molecule has 0 saturated carbocycles. The summed E-state index contributed by atoms with van der Waals surface area (Å²) in [6.45, 7) is -0.0894. The summed E-state index contributed by atoms with van der Waals surface area (Å²) in [5.41, 5.74) is 0.947. The van der Waals surface area contributed by atoms with Crippen molar-refractivity contribution in [3.8, 4) is 12.3 Å². The molecule has 1 heterocycles. The van der Waals surface area contributed by atoms with Crippen molar-refractivity contribution in [2.45, 2.75) is 0 Å². The van der Waals surface area contributed by atoms with Crippen LogP contribution < -0.4 is 10.6 Å². The largest absolute Gasteiger partial charge is 0.343 e. The van der Waals surface area contributed by atoms with E-state index in [0.29, 0.717) is 11.3 Å². The fourth-order valence-electron chi connectivity index (χ4n) is 1.48. The van der Waals surface area contributed by atoms with Crippen molar-refractivity contribution in [3.05, 3.63) is 28.3 Å². The summed E-state index contributed by atoms with van der Waals surface area (Å²) < 4.78 is 0. The van der Waals surface area contributed by atoms with Crippen molar-refractivity contribution in [2.75, 3.05) is 11.9 Å². The first-order valence-corrected chi connectivity index (χ1v) is 4.88. The Morgan fingerprint density at radius 3 is 2.81 bits per heavy atom. The predicted octanol–water partition coefficient (Wildman–Crippen LogP) is 1.00. The van der Waals surface area contributed by atoms with E-state index in [2.05, 4.69) is 16.6 Å². The van der Waals surface area contributed by atoms with E-state index in [-0.39, 0.29) is 23.0 Å². The molecule has 0 bridgehead atoms. The number of carbonyl (C=O) groups is 2. The maximum atomic E-state index is 11.7. The first-order valence-electron chi connectivity index (χ1n) is 4.50. The second kappa shape index (κ2) is 3.87. The van der Waals surface area contributed by atoms with Crippen LogP contribution in [0.5, 0.6) is 0 Å². The second-order valence-corrected chi connectivity index (χ2v) is 3.63. The minimum Gasteiger partial charge on any atom is -0.343 e. The van der Waals surface area contributed by atoms with Crippen molar-refractivity contribution in [2.24, 2.45) is 0 Å². The van der Waals surface area contributed by atoms with Crippen molar-refractivity contribution in [1.82, 2.24) is 5.32 Å². The number of amides is 2. The first-order chi connectivity index (χ1) is 7.63. The Labute approximate surface area is 97.0 Å². The van der Waals surface area contributed by atoms with Crippen LogP contribution in [0.15, 0.2) is 12.1 Å². The molecule has 16 heavy (non-hydrogen) atoms. The smallest absolute Gasteiger partial charge is 0.255 e. The van der Waals surface area contributed by atoms with E-state index in [4.69, 9.17) is 18.0 Å². The van der Waals surface area contributed by atoms with Gasteiger partial charge in [0, 0.05) is 5.56 Å². The number of hydrogen-bond donors (Lipinski definition) is 2. The van der Waals surface area contributed by atoms with Crippen molar-refractivity contribution in [3.63, 3.8) is 0 Å². The maximum absolute atomic E-state index is 11.7. The van der Waals surface area contributed by atoms with Crippen LogP contribution in [0.1, 0.15) is 15.9 Å². The van der Waals surface area contributed by atoms with Crippen LogP contribution in [0.3, 0.4) is 0 Å². The van der Waals surface area contributed by atoms with Gasteiger partial charge < -0.3 is 10.6 Å². The van der Waals surface area contributed by atoms with Crippen molar-refractivity contribution >= 4 is 29.1 Å². The minimum atomic E-state index is -0.407. The first kappa shape index (κ1) is 10.5. The summed E-state index contributed by atoms with van der Waals surface area (Å²) in [6, 6.07) is 3.12. The van der Waals surface area contributed by atoms with Crippen LogP contribution in [0.25, 0.3) is 0 Å². The molecule has 2 N–H and O–H groups in total. The molecule has 2 amide bonds. The normalized spacial score (nSPS) is 14.2. The number of hydrogen-bond acceptors (Lipinski definition) is 2. The van der Waals surface area contributed by atoms with Crippen LogP contribution in [-0.4, -0.2) is 18.4 Å². The van der Waals surface area contributed by atoms with E-state index in [1.165, 1.54) is 6.07 Å². The zero-order valence-corrected chi connectivity index (χ0v) is 8.89. The van der Waals surface area contributed by atoms with E-state index in [1.54, 1.807) is 6.07 Å². The molecule has 0 aliphatic carbocycles. The second-order valence-electron chi connectivity index (χ2n) is 3.22. The highest BCUT2D eigenvalue weighted by Gasteiger charge is 2.23. The molecule has 80 valence electrons. The Morgan fingerprint density at radius 1 is 1.38 bits per heavy atom. The summed E-state index contributed by atoms with van der Waals surface area (Å²) in [7, 11) is 0. The number of nitrogens with one attached hydrogen (secondary N) is 2. The van der Waals surface area contributed by atoms with Crippen LogP contribution in [0.4, 0.5) is 5.69 Å². The predicted molar refractivity (Wildman–Crippen MR) is 60.3 cm³/mol. The fraction of sp³-hybridized carbons (Fsp3) is 0.0909. The van der Waals surface area contributed by atoms with E-state index in [9.17, 15) is 9.59 Å². The average Bonchev–Trinajstić information content (AvgIpc) is 2.40. The zero-order valence-electron chi connectivity index (χ0n) is 8.13. The van der Waals surface area contributed by atoms with Gasteiger partial charge in [0.1, 0.15) is 0 Å². The van der Waals surface area contributed by atoms with Gasteiger partial charge in [-0.3, -0.25) is 9.59 Å². The molecule has 2 rings (SSSR count). The highest BCUT2D eigenvalue weighted by molar-refractivity contribution is 6.35. The topological polar surface area (TPSA) is 58.2 Å². The highest BCUT2D eigenvalue weighted by atomic mass is 35.5. The van der Waals surface area contributed by atoms with Gasteiger partial charge in [-0.2, -0.15) is 0 Å². The van der Waals surface area contributed by atoms with Crippen molar-refractivity contribution in [1.29, 1.82) is 0 Å². The summed E-state index contributed by atoms with van der Waals surface area (Å²) in [6.07, 6.45) is 5.29. The summed E-state index contributed by atoms with van der Waals surface area (Å²) >= 11 is 5.91. The Balaban J connectivity index is 2.71. The van der Waals surface area contributed by atoms with Gasteiger partial charge in [0.15, 0.2) is 0 Å². The molecule has 4 nitrogen and oxygen atoms in total. The molecule has 0 spiro atoms. The molecule has 1 aromatic rings. The molecule has 0 saturated heterocycles. The molecule has 5 heteroatoms. The van der Waals surface area contributed by atoms with Crippen LogP contribution in [-0.2, 0) is 4.79 Å². The van der Waals surface area contributed by atoms with Crippen LogP contribution in [0.2, 0.25) is 5.02 Å². The summed E-state index contributed by atoms with van der Waals surface area (Å²) in [4.78, 5) is 23.0. The average molecular weight is 235 g/mol. The molecule has 0 unspecified atom stereocenters. The Morgan fingerprint density at radius 2 is 2.12 bits per heavy atom. The minimum absolute atomic E-state index is 0.0894. The third-order valence-corrected chi connectivity index (χ3v) is 2.53. The number of terminal acetylenes is 1. The van der Waals surface area contributed by atoms with E-state index in [1.807, 2.05) is 0 Å². The number of fused-ring (bicyclic) bond motifs is 1. The molecular formula is C11H7ClN2O2. The molecular weight excluding hydrogens is 228 g/mol. The number of benzene rings is 1. The van der Waals surface area contributed by atoms with Gasteiger partial charge in [-0.05, 0) is 12.1 Å². The maximum Gasteiger partial charge on any atom is 0.255 e. The van der Waals surface area contributed by atoms with Gasteiger partial charge in [0.2, 0.25) is 5.91 Å². The van der Waals surface area contributed by atoms with Crippen LogP contribution in [0, 0.1) is 12.3 Å².